The van der Waals surface area contributed by atoms with Crippen molar-refractivity contribution >= 4 is 0 Å². The molecule has 102 valence electrons. The SMILES string of the molecule is Cc1cc(C(CCc2ccnn2C)NN)c(C)nn1. The number of aromatic nitrogens is 4. The average molecular weight is 260 g/mol. The second-order valence-electron chi connectivity index (χ2n) is 4.73. The first kappa shape index (κ1) is 13.6. The first-order chi connectivity index (χ1) is 9.11. The van der Waals surface area contributed by atoms with Crippen LogP contribution >= 0.6 is 0 Å². The molecule has 0 saturated carbocycles. The minimum absolute atomic E-state index is 0.0732. The zero-order valence-electron chi connectivity index (χ0n) is 11.6. The van der Waals surface area contributed by atoms with Crippen LogP contribution in [0.3, 0.4) is 0 Å². The fourth-order valence-corrected chi connectivity index (χ4v) is 2.19. The predicted molar refractivity (Wildman–Crippen MR) is 73.1 cm³/mol. The molecule has 2 aromatic heterocycles. The van der Waals surface area contributed by atoms with E-state index in [0.29, 0.717) is 0 Å². The number of nitrogens with two attached hydrogens (primary N) is 1. The number of rotatable bonds is 5. The van der Waals surface area contributed by atoms with E-state index in [9.17, 15) is 0 Å². The molecule has 0 aliphatic carbocycles. The monoisotopic (exact) mass is 260 g/mol. The Kier molecular flexibility index (Phi) is 4.24. The Morgan fingerprint density at radius 2 is 2.16 bits per heavy atom. The van der Waals surface area contributed by atoms with Crippen molar-refractivity contribution in [2.24, 2.45) is 12.9 Å². The molecular weight excluding hydrogens is 240 g/mol. The van der Waals surface area contributed by atoms with E-state index in [2.05, 4.69) is 20.7 Å². The van der Waals surface area contributed by atoms with Crippen LogP contribution in [0, 0.1) is 13.8 Å². The van der Waals surface area contributed by atoms with Gasteiger partial charge in [-0.2, -0.15) is 15.3 Å². The molecule has 0 aliphatic heterocycles. The van der Waals surface area contributed by atoms with Gasteiger partial charge in [0, 0.05) is 25.0 Å². The Hall–Kier alpha value is -1.79. The lowest BCUT2D eigenvalue weighted by Gasteiger charge is -2.18. The number of hydrazine groups is 1. The normalized spacial score (nSPS) is 12.6. The van der Waals surface area contributed by atoms with Crippen molar-refractivity contribution < 1.29 is 0 Å². The van der Waals surface area contributed by atoms with Gasteiger partial charge in [0.05, 0.1) is 11.4 Å². The number of hydrogen-bond donors (Lipinski definition) is 2. The molecule has 0 aliphatic rings. The third-order valence-electron chi connectivity index (χ3n) is 3.33. The van der Waals surface area contributed by atoms with Crippen molar-refractivity contribution in [2.45, 2.75) is 32.7 Å². The highest BCUT2D eigenvalue weighted by molar-refractivity contribution is 5.23. The molecule has 0 radical (unpaired) electrons. The smallest absolute Gasteiger partial charge is 0.0648 e. The Bertz CT molecular complexity index is 548. The van der Waals surface area contributed by atoms with Crippen molar-refractivity contribution in [1.29, 1.82) is 0 Å². The van der Waals surface area contributed by atoms with Gasteiger partial charge in [-0.1, -0.05) is 0 Å². The van der Waals surface area contributed by atoms with Crippen LogP contribution in [0.4, 0.5) is 0 Å². The minimum atomic E-state index is 0.0732. The van der Waals surface area contributed by atoms with Gasteiger partial charge in [-0.15, -0.1) is 0 Å². The van der Waals surface area contributed by atoms with E-state index < -0.39 is 0 Å². The maximum absolute atomic E-state index is 5.68. The molecule has 2 rings (SSSR count). The molecule has 1 atom stereocenters. The van der Waals surface area contributed by atoms with Crippen LogP contribution in [0.5, 0.6) is 0 Å². The third kappa shape index (κ3) is 3.15. The summed E-state index contributed by atoms with van der Waals surface area (Å²) in [6, 6.07) is 4.14. The topological polar surface area (TPSA) is 81.7 Å². The summed E-state index contributed by atoms with van der Waals surface area (Å²) >= 11 is 0. The second-order valence-corrected chi connectivity index (χ2v) is 4.73. The Labute approximate surface area is 113 Å². The predicted octanol–water partition coefficient (Wildman–Crippen LogP) is 0.964. The van der Waals surface area contributed by atoms with Gasteiger partial charge in [0.25, 0.3) is 0 Å². The summed E-state index contributed by atoms with van der Waals surface area (Å²) in [5.41, 5.74) is 6.99. The number of hydrogen-bond acceptors (Lipinski definition) is 5. The van der Waals surface area contributed by atoms with Crippen molar-refractivity contribution in [2.75, 3.05) is 0 Å². The molecule has 1 unspecified atom stereocenters. The van der Waals surface area contributed by atoms with Crippen molar-refractivity contribution in [3.8, 4) is 0 Å². The first-order valence-electron chi connectivity index (χ1n) is 6.35. The third-order valence-corrected chi connectivity index (χ3v) is 3.33. The molecule has 0 bridgehead atoms. The zero-order valence-corrected chi connectivity index (χ0v) is 11.6. The molecule has 0 fully saturated rings. The maximum atomic E-state index is 5.68. The van der Waals surface area contributed by atoms with Crippen LogP contribution in [0.15, 0.2) is 18.3 Å². The summed E-state index contributed by atoms with van der Waals surface area (Å²) in [5, 5.41) is 12.4. The van der Waals surface area contributed by atoms with Crippen LogP contribution in [0.1, 0.15) is 35.1 Å². The lowest BCUT2D eigenvalue weighted by Crippen LogP contribution is -2.29. The molecule has 0 amide bonds. The van der Waals surface area contributed by atoms with E-state index in [1.54, 1.807) is 0 Å². The van der Waals surface area contributed by atoms with Crippen LogP contribution in [0.25, 0.3) is 0 Å². The largest absolute Gasteiger partial charge is 0.273 e. The van der Waals surface area contributed by atoms with Crippen LogP contribution in [0.2, 0.25) is 0 Å². The second kappa shape index (κ2) is 5.90. The molecule has 6 heteroatoms. The van der Waals surface area contributed by atoms with Crippen LogP contribution in [-0.2, 0) is 13.5 Å². The van der Waals surface area contributed by atoms with Gasteiger partial charge in [-0.05, 0) is 44.4 Å². The van der Waals surface area contributed by atoms with Crippen molar-refractivity contribution in [1.82, 2.24) is 25.4 Å². The van der Waals surface area contributed by atoms with Gasteiger partial charge < -0.3 is 0 Å². The highest BCUT2D eigenvalue weighted by Gasteiger charge is 2.14. The fraction of sp³-hybridized carbons (Fsp3) is 0.462. The summed E-state index contributed by atoms with van der Waals surface area (Å²) in [5.74, 6) is 5.68. The molecule has 3 N–H and O–H groups in total. The Morgan fingerprint density at radius 3 is 2.79 bits per heavy atom. The van der Waals surface area contributed by atoms with Gasteiger partial charge in [0.2, 0.25) is 0 Å². The highest BCUT2D eigenvalue weighted by atomic mass is 15.3. The number of nitrogens with zero attached hydrogens (tertiary/aromatic N) is 4. The molecule has 0 spiro atoms. The van der Waals surface area contributed by atoms with Crippen molar-refractivity contribution in [3.63, 3.8) is 0 Å². The van der Waals surface area contributed by atoms with E-state index in [1.807, 2.05) is 43.9 Å². The molecule has 0 aromatic carbocycles. The zero-order chi connectivity index (χ0) is 13.8. The van der Waals surface area contributed by atoms with Gasteiger partial charge in [-0.3, -0.25) is 16.0 Å². The Morgan fingerprint density at radius 1 is 1.37 bits per heavy atom. The lowest BCUT2D eigenvalue weighted by molar-refractivity contribution is 0.501. The number of nitrogens with one attached hydrogen (secondary N) is 1. The summed E-state index contributed by atoms with van der Waals surface area (Å²) < 4.78 is 1.89. The van der Waals surface area contributed by atoms with Crippen LogP contribution in [-0.4, -0.2) is 20.0 Å². The summed E-state index contributed by atoms with van der Waals surface area (Å²) in [7, 11) is 1.95. The van der Waals surface area contributed by atoms with Crippen LogP contribution < -0.4 is 11.3 Å². The van der Waals surface area contributed by atoms with E-state index >= 15 is 0 Å². The van der Waals surface area contributed by atoms with Gasteiger partial charge in [-0.25, -0.2) is 0 Å². The van der Waals surface area contributed by atoms with Crippen molar-refractivity contribution in [3.05, 3.63) is 41.0 Å². The average Bonchev–Trinajstić information content (AvgIpc) is 2.80. The molecule has 19 heavy (non-hydrogen) atoms. The fourth-order valence-electron chi connectivity index (χ4n) is 2.19. The maximum Gasteiger partial charge on any atom is 0.0648 e. The summed E-state index contributed by atoms with van der Waals surface area (Å²) in [6.07, 6.45) is 3.61. The minimum Gasteiger partial charge on any atom is -0.273 e. The van der Waals surface area contributed by atoms with E-state index in [4.69, 9.17) is 5.84 Å². The quantitative estimate of drug-likeness (QED) is 0.618. The van der Waals surface area contributed by atoms with Gasteiger partial charge in [0.1, 0.15) is 0 Å². The number of aryl methyl sites for hydroxylation is 4. The molecule has 2 heterocycles. The van der Waals surface area contributed by atoms with E-state index in [0.717, 1.165) is 29.8 Å². The first-order valence-corrected chi connectivity index (χ1v) is 6.35. The van der Waals surface area contributed by atoms with Gasteiger partial charge in [0.15, 0.2) is 0 Å². The van der Waals surface area contributed by atoms with E-state index in [-0.39, 0.29) is 6.04 Å². The molecule has 2 aromatic rings. The lowest BCUT2D eigenvalue weighted by atomic mass is 10.0. The molecule has 6 nitrogen and oxygen atoms in total. The molecule has 0 saturated heterocycles. The standard InChI is InChI=1S/C13H20N6/c1-9-8-12(10(2)18-17-9)13(16-14)5-4-11-6-7-15-19(11)3/h6-8,13,16H,4-5,14H2,1-3H3. The molecular formula is C13H20N6. The van der Waals surface area contributed by atoms with E-state index in [1.165, 1.54) is 5.69 Å². The summed E-state index contributed by atoms with van der Waals surface area (Å²) in [6.45, 7) is 3.89. The van der Waals surface area contributed by atoms with Gasteiger partial charge >= 0.3 is 0 Å². The highest BCUT2D eigenvalue weighted by Crippen LogP contribution is 2.20. The Balaban J connectivity index is 2.12. The summed E-state index contributed by atoms with van der Waals surface area (Å²) in [4.78, 5) is 0.